The molecule has 4 nitrogen and oxygen atoms in total. The lowest BCUT2D eigenvalue weighted by Gasteiger charge is -2.35. The van der Waals surface area contributed by atoms with Crippen LogP contribution in [0.3, 0.4) is 0 Å². The van der Waals surface area contributed by atoms with Gasteiger partial charge in [0.1, 0.15) is 6.04 Å². The van der Waals surface area contributed by atoms with Crippen molar-refractivity contribution in [1.29, 1.82) is 0 Å². The van der Waals surface area contributed by atoms with E-state index in [1.807, 2.05) is 0 Å². The first kappa shape index (κ1) is 21.3. The molecule has 1 aromatic carbocycles. The van der Waals surface area contributed by atoms with Gasteiger partial charge in [0.25, 0.3) is 5.91 Å². The van der Waals surface area contributed by atoms with Gasteiger partial charge in [0, 0.05) is 32.7 Å². The zero-order valence-electron chi connectivity index (χ0n) is 12.5. The molecule has 0 aliphatic carbocycles. The number of carbonyl (C=O) groups excluding carboxylic acids is 1. The number of amides is 1. The molecule has 10 heteroatoms. The molecular weight excluding hydrogens is 390 g/mol. The summed E-state index contributed by atoms with van der Waals surface area (Å²) >= 11 is 11.8. The van der Waals surface area contributed by atoms with Crippen molar-refractivity contribution >= 4 is 41.5 Å². The fourth-order valence-electron chi connectivity index (χ4n) is 2.44. The van der Waals surface area contributed by atoms with Crippen LogP contribution in [0, 0.1) is 0 Å². The van der Waals surface area contributed by atoms with Crippen molar-refractivity contribution < 1.29 is 18.0 Å². The second-order valence-electron chi connectivity index (χ2n) is 5.15. The topological polar surface area (TPSA) is 44.4 Å². The Labute approximate surface area is 154 Å². The molecule has 2 rings (SSSR count). The van der Waals surface area contributed by atoms with E-state index in [1.165, 1.54) is 17.0 Å². The van der Waals surface area contributed by atoms with Crippen molar-refractivity contribution in [3.05, 3.63) is 33.8 Å². The van der Waals surface area contributed by atoms with E-state index in [0.29, 0.717) is 13.1 Å². The number of hydrogen-bond donors (Lipinski definition) is 2. The summed E-state index contributed by atoms with van der Waals surface area (Å²) in [5.74, 6) is -0.718. The van der Waals surface area contributed by atoms with Gasteiger partial charge in [0.2, 0.25) is 0 Å². The molecule has 24 heavy (non-hydrogen) atoms. The van der Waals surface area contributed by atoms with Crippen LogP contribution in [0.2, 0.25) is 10.0 Å². The van der Waals surface area contributed by atoms with E-state index >= 15 is 0 Å². The third kappa shape index (κ3) is 5.39. The van der Waals surface area contributed by atoms with Crippen LogP contribution in [0.15, 0.2) is 18.2 Å². The fraction of sp³-hybridized carbons (Fsp3) is 0.500. The molecule has 0 bridgehead atoms. The number of nitrogens with zero attached hydrogens (tertiary/aromatic N) is 1. The number of benzene rings is 1. The minimum Gasteiger partial charge on any atom is -0.350 e. The quantitative estimate of drug-likeness (QED) is 0.808. The third-order valence-electron chi connectivity index (χ3n) is 3.62. The first-order valence-corrected chi connectivity index (χ1v) is 7.80. The maximum atomic E-state index is 13.3. The summed E-state index contributed by atoms with van der Waals surface area (Å²) in [7, 11) is 0. The zero-order valence-corrected chi connectivity index (χ0v) is 14.8. The number of halogens is 6. The van der Waals surface area contributed by atoms with Gasteiger partial charge in [0.15, 0.2) is 0 Å². The molecule has 1 amide bonds. The summed E-state index contributed by atoms with van der Waals surface area (Å²) in [5.41, 5.74) is -0.0166. The van der Waals surface area contributed by atoms with Gasteiger partial charge in [-0.25, -0.2) is 0 Å². The van der Waals surface area contributed by atoms with Crippen molar-refractivity contribution in [3.63, 3.8) is 0 Å². The molecule has 0 aromatic heterocycles. The van der Waals surface area contributed by atoms with E-state index < -0.39 is 24.7 Å². The van der Waals surface area contributed by atoms with Crippen LogP contribution >= 0.6 is 35.6 Å². The van der Waals surface area contributed by atoms with Crippen LogP contribution in [0.4, 0.5) is 13.2 Å². The number of alkyl halides is 3. The largest absolute Gasteiger partial charge is 0.405 e. The van der Waals surface area contributed by atoms with E-state index in [4.69, 9.17) is 23.2 Å². The molecule has 1 aromatic rings. The predicted molar refractivity (Wildman–Crippen MR) is 90.3 cm³/mol. The number of carbonyl (C=O) groups is 1. The summed E-state index contributed by atoms with van der Waals surface area (Å²) < 4.78 is 39.8. The van der Waals surface area contributed by atoms with E-state index in [9.17, 15) is 18.0 Å². The molecule has 1 aliphatic heterocycles. The lowest BCUT2D eigenvalue weighted by Crippen LogP contribution is -2.57. The average Bonchev–Trinajstić information content (AvgIpc) is 2.47. The standard InChI is InChI=1S/C14H16Cl2F3N3O.ClH/c15-9-2-1-3-10(16)12(9)13(23)21-8-11(14(17,18)19)22-6-4-20-5-7-22;/h1-3,11,20H,4-8H2,(H,21,23);1H. The molecule has 2 N–H and O–H groups in total. The Bertz CT molecular complexity index is 546. The van der Waals surface area contributed by atoms with Crippen molar-refractivity contribution in [1.82, 2.24) is 15.5 Å². The van der Waals surface area contributed by atoms with E-state index in [-0.39, 0.29) is 41.1 Å². The SMILES string of the molecule is Cl.O=C(NCC(N1CCNCC1)C(F)(F)F)c1c(Cl)cccc1Cl. The molecule has 1 unspecified atom stereocenters. The normalized spacial score (nSPS) is 17.0. The van der Waals surface area contributed by atoms with E-state index in [0.717, 1.165) is 0 Å². The number of hydrogen-bond acceptors (Lipinski definition) is 3. The van der Waals surface area contributed by atoms with Crippen LogP contribution in [-0.4, -0.2) is 55.7 Å². The average molecular weight is 407 g/mol. The second-order valence-corrected chi connectivity index (χ2v) is 5.96. The van der Waals surface area contributed by atoms with Crippen molar-refractivity contribution in [3.8, 4) is 0 Å². The smallest absolute Gasteiger partial charge is 0.350 e. The summed E-state index contributed by atoms with van der Waals surface area (Å²) in [6, 6.07) is 2.73. The van der Waals surface area contributed by atoms with Gasteiger partial charge >= 0.3 is 6.18 Å². The first-order chi connectivity index (χ1) is 10.8. The summed E-state index contributed by atoms with van der Waals surface area (Å²) in [5, 5.41) is 5.49. The Balaban J connectivity index is 0.00000288. The van der Waals surface area contributed by atoms with Gasteiger partial charge in [-0.15, -0.1) is 12.4 Å². The van der Waals surface area contributed by atoms with Gasteiger partial charge in [-0.1, -0.05) is 29.3 Å². The third-order valence-corrected chi connectivity index (χ3v) is 4.25. The second kappa shape index (κ2) is 9.10. The van der Waals surface area contributed by atoms with Crippen LogP contribution in [-0.2, 0) is 0 Å². The van der Waals surface area contributed by atoms with Crippen LogP contribution < -0.4 is 10.6 Å². The highest BCUT2D eigenvalue weighted by Crippen LogP contribution is 2.26. The minimum absolute atomic E-state index is 0. The molecular formula is C14H17Cl3F3N3O. The number of piperazine rings is 1. The molecule has 0 spiro atoms. The van der Waals surface area contributed by atoms with Gasteiger partial charge < -0.3 is 10.6 Å². The Morgan fingerprint density at radius 1 is 1.25 bits per heavy atom. The Hall–Kier alpha value is -0.730. The molecule has 0 radical (unpaired) electrons. The summed E-state index contributed by atoms with van der Waals surface area (Å²) in [6.07, 6.45) is -4.44. The van der Waals surface area contributed by atoms with Crippen LogP contribution in [0.5, 0.6) is 0 Å². The minimum atomic E-state index is -4.44. The highest BCUT2D eigenvalue weighted by molar-refractivity contribution is 6.39. The predicted octanol–water partition coefficient (Wildman–Crippen LogP) is 2.98. The highest BCUT2D eigenvalue weighted by Gasteiger charge is 2.43. The highest BCUT2D eigenvalue weighted by atomic mass is 35.5. The van der Waals surface area contributed by atoms with Gasteiger partial charge in [-0.3, -0.25) is 9.69 Å². The Morgan fingerprint density at radius 2 is 1.79 bits per heavy atom. The lowest BCUT2D eigenvalue weighted by atomic mass is 10.1. The molecule has 1 atom stereocenters. The van der Waals surface area contributed by atoms with Crippen molar-refractivity contribution in [2.75, 3.05) is 32.7 Å². The van der Waals surface area contributed by atoms with Crippen LogP contribution in [0.25, 0.3) is 0 Å². The van der Waals surface area contributed by atoms with Gasteiger partial charge in [-0.05, 0) is 12.1 Å². The molecule has 1 saturated heterocycles. The summed E-state index contributed by atoms with van der Waals surface area (Å²) in [6.45, 7) is 0.956. The number of nitrogens with one attached hydrogen (secondary N) is 2. The summed E-state index contributed by atoms with van der Waals surface area (Å²) in [4.78, 5) is 13.4. The molecule has 1 heterocycles. The van der Waals surface area contributed by atoms with E-state index in [1.54, 1.807) is 6.07 Å². The van der Waals surface area contributed by atoms with Crippen molar-refractivity contribution in [2.24, 2.45) is 0 Å². The van der Waals surface area contributed by atoms with Crippen molar-refractivity contribution in [2.45, 2.75) is 12.2 Å². The maximum Gasteiger partial charge on any atom is 0.405 e. The first-order valence-electron chi connectivity index (χ1n) is 7.04. The molecule has 1 fully saturated rings. The Morgan fingerprint density at radius 3 is 2.29 bits per heavy atom. The monoisotopic (exact) mass is 405 g/mol. The maximum absolute atomic E-state index is 13.3. The number of rotatable bonds is 4. The molecule has 136 valence electrons. The molecule has 1 aliphatic rings. The molecule has 0 saturated carbocycles. The Kier molecular flexibility index (Phi) is 8.08. The van der Waals surface area contributed by atoms with E-state index in [2.05, 4.69) is 10.6 Å². The lowest BCUT2D eigenvalue weighted by molar-refractivity contribution is -0.183. The fourth-order valence-corrected chi connectivity index (χ4v) is 3.01. The zero-order chi connectivity index (χ0) is 17.0. The van der Waals surface area contributed by atoms with Crippen LogP contribution in [0.1, 0.15) is 10.4 Å². The van der Waals surface area contributed by atoms with Gasteiger partial charge in [0.05, 0.1) is 15.6 Å². The van der Waals surface area contributed by atoms with Gasteiger partial charge in [-0.2, -0.15) is 13.2 Å².